The van der Waals surface area contributed by atoms with Gasteiger partial charge in [0.1, 0.15) is 5.75 Å². The van der Waals surface area contributed by atoms with Gasteiger partial charge in [0.2, 0.25) is 0 Å². The van der Waals surface area contributed by atoms with E-state index in [1.165, 1.54) is 0 Å². The first kappa shape index (κ1) is 11.3. The van der Waals surface area contributed by atoms with Crippen LogP contribution in [-0.2, 0) is 10.3 Å². The van der Waals surface area contributed by atoms with E-state index in [0.717, 1.165) is 0 Å². The number of para-hydroxylation sites is 1. The van der Waals surface area contributed by atoms with Crippen LogP contribution in [0.3, 0.4) is 0 Å². The molecule has 0 radical (unpaired) electrons. The molecule has 0 amide bonds. The molecule has 0 heterocycles. The lowest BCUT2D eigenvalue weighted by atomic mass is 10.3. The van der Waals surface area contributed by atoms with Gasteiger partial charge in [0.15, 0.2) is 0 Å². The molecule has 0 aliphatic carbocycles. The zero-order valence-corrected chi connectivity index (χ0v) is 8.88. The smallest absolute Gasteiger partial charge is 0.371 e. The van der Waals surface area contributed by atoms with Crippen LogP contribution >= 0.6 is 11.6 Å². The van der Waals surface area contributed by atoms with Gasteiger partial charge in [-0.2, -0.15) is 13.1 Å². The molecule has 14 heavy (non-hydrogen) atoms. The number of hydrogen-bond acceptors (Lipinski definition) is 3. The van der Waals surface area contributed by atoms with Gasteiger partial charge in [-0.3, -0.25) is 0 Å². The van der Waals surface area contributed by atoms with Crippen LogP contribution in [0, 0.1) is 0 Å². The summed E-state index contributed by atoms with van der Waals surface area (Å²) in [5, 5.41) is 0. The van der Waals surface area contributed by atoms with Crippen LogP contribution in [0.5, 0.6) is 5.75 Å². The van der Waals surface area contributed by atoms with Gasteiger partial charge in [-0.25, -0.2) is 0 Å². The second-order valence-electron chi connectivity index (χ2n) is 2.43. The summed E-state index contributed by atoms with van der Waals surface area (Å²) in [7, 11) is -3.73. The van der Waals surface area contributed by atoms with E-state index >= 15 is 0 Å². The average molecular weight is 236 g/mol. The molecular weight excluding hydrogens is 226 g/mol. The maximum atomic E-state index is 11.2. The molecule has 0 saturated heterocycles. The highest BCUT2D eigenvalue weighted by atomic mass is 35.5. The molecule has 0 fully saturated rings. The molecule has 1 aromatic rings. The zero-order chi connectivity index (χ0) is 10.4. The predicted octanol–water partition coefficient (Wildman–Crippen LogP) is 1.14. The van der Waals surface area contributed by atoms with Gasteiger partial charge in [0.25, 0.3) is 0 Å². The molecule has 1 N–H and O–H groups in total. The van der Waals surface area contributed by atoms with Gasteiger partial charge in [0.05, 0.1) is 0 Å². The molecule has 0 saturated carbocycles. The van der Waals surface area contributed by atoms with Crippen LogP contribution in [0.1, 0.15) is 0 Å². The van der Waals surface area contributed by atoms with E-state index in [1.807, 2.05) is 0 Å². The van der Waals surface area contributed by atoms with Gasteiger partial charge < -0.3 is 4.18 Å². The third-order valence-electron chi connectivity index (χ3n) is 1.32. The van der Waals surface area contributed by atoms with Crippen LogP contribution in [0.4, 0.5) is 0 Å². The molecule has 0 aromatic heterocycles. The monoisotopic (exact) mass is 235 g/mol. The second-order valence-corrected chi connectivity index (χ2v) is 4.18. The molecule has 1 aromatic carbocycles. The summed E-state index contributed by atoms with van der Waals surface area (Å²) >= 11 is 5.33. The fraction of sp³-hybridized carbons (Fsp3) is 0.250. The first-order valence-electron chi connectivity index (χ1n) is 3.94. The van der Waals surface area contributed by atoms with E-state index in [2.05, 4.69) is 4.72 Å². The number of nitrogens with one attached hydrogen (secondary N) is 1. The molecule has 4 nitrogen and oxygen atoms in total. The van der Waals surface area contributed by atoms with Crippen LogP contribution in [0.15, 0.2) is 30.3 Å². The summed E-state index contributed by atoms with van der Waals surface area (Å²) in [6, 6.07) is 8.25. The molecule has 0 bridgehead atoms. The highest BCUT2D eigenvalue weighted by Gasteiger charge is 2.10. The van der Waals surface area contributed by atoms with Crippen molar-refractivity contribution in [3.8, 4) is 5.75 Å². The number of alkyl halides is 1. The quantitative estimate of drug-likeness (QED) is 0.779. The Hall–Kier alpha value is -0.780. The topological polar surface area (TPSA) is 55.4 Å². The van der Waals surface area contributed by atoms with Crippen molar-refractivity contribution in [1.29, 1.82) is 0 Å². The van der Waals surface area contributed by atoms with E-state index in [0.29, 0.717) is 0 Å². The van der Waals surface area contributed by atoms with Crippen LogP contribution < -0.4 is 8.91 Å². The number of benzene rings is 1. The van der Waals surface area contributed by atoms with Crippen molar-refractivity contribution in [2.75, 3.05) is 12.4 Å². The van der Waals surface area contributed by atoms with Crippen molar-refractivity contribution in [2.45, 2.75) is 0 Å². The SMILES string of the molecule is O=S(=O)(NCCCl)Oc1ccccc1. The number of halogens is 1. The molecule has 0 aliphatic rings. The van der Waals surface area contributed by atoms with Crippen molar-refractivity contribution in [3.05, 3.63) is 30.3 Å². The minimum atomic E-state index is -3.73. The maximum absolute atomic E-state index is 11.2. The summed E-state index contributed by atoms with van der Waals surface area (Å²) in [6.45, 7) is 0.150. The van der Waals surface area contributed by atoms with Crippen molar-refractivity contribution >= 4 is 21.9 Å². The van der Waals surface area contributed by atoms with E-state index in [4.69, 9.17) is 15.8 Å². The number of rotatable bonds is 5. The first-order valence-corrected chi connectivity index (χ1v) is 5.88. The van der Waals surface area contributed by atoms with Gasteiger partial charge in [-0.05, 0) is 12.1 Å². The minimum absolute atomic E-state index is 0.150. The largest absolute Gasteiger partial charge is 0.382 e. The second kappa shape index (κ2) is 5.19. The Morgan fingerprint density at radius 1 is 1.29 bits per heavy atom. The molecular formula is C8H10ClNO3S. The molecule has 6 heteroatoms. The third kappa shape index (κ3) is 3.95. The molecule has 0 atom stereocenters. The zero-order valence-electron chi connectivity index (χ0n) is 7.31. The van der Waals surface area contributed by atoms with E-state index in [-0.39, 0.29) is 18.2 Å². The van der Waals surface area contributed by atoms with Gasteiger partial charge in [0, 0.05) is 12.4 Å². The Balaban J connectivity index is 2.60. The van der Waals surface area contributed by atoms with Crippen LogP contribution in [0.2, 0.25) is 0 Å². The Morgan fingerprint density at radius 3 is 2.50 bits per heavy atom. The van der Waals surface area contributed by atoms with Gasteiger partial charge >= 0.3 is 10.3 Å². The predicted molar refractivity (Wildman–Crippen MR) is 54.7 cm³/mol. The summed E-state index contributed by atoms with van der Waals surface area (Å²) < 4.78 is 29.2. The summed E-state index contributed by atoms with van der Waals surface area (Å²) in [5.41, 5.74) is 0. The lowest BCUT2D eigenvalue weighted by molar-refractivity contribution is 0.473. The van der Waals surface area contributed by atoms with E-state index in [1.54, 1.807) is 30.3 Å². The van der Waals surface area contributed by atoms with Gasteiger partial charge in [-0.15, -0.1) is 11.6 Å². The van der Waals surface area contributed by atoms with Crippen molar-refractivity contribution in [1.82, 2.24) is 4.72 Å². The fourth-order valence-corrected chi connectivity index (χ4v) is 1.78. The summed E-state index contributed by atoms with van der Waals surface area (Å²) in [4.78, 5) is 0. The normalized spacial score (nSPS) is 11.2. The Labute approximate surface area is 88.1 Å². The fourth-order valence-electron chi connectivity index (χ4n) is 0.796. The molecule has 1 rings (SSSR count). The molecule has 78 valence electrons. The lowest BCUT2D eigenvalue weighted by Crippen LogP contribution is -2.29. The Kier molecular flexibility index (Phi) is 4.19. The Bertz CT molecular complexity index is 365. The maximum Gasteiger partial charge on any atom is 0.382 e. The lowest BCUT2D eigenvalue weighted by Gasteiger charge is -2.06. The Morgan fingerprint density at radius 2 is 1.93 bits per heavy atom. The molecule has 0 unspecified atom stereocenters. The minimum Gasteiger partial charge on any atom is -0.371 e. The van der Waals surface area contributed by atoms with E-state index < -0.39 is 10.3 Å². The summed E-state index contributed by atoms with van der Waals surface area (Å²) in [6.07, 6.45) is 0. The highest BCUT2D eigenvalue weighted by Crippen LogP contribution is 2.10. The summed E-state index contributed by atoms with van der Waals surface area (Å²) in [5.74, 6) is 0.478. The van der Waals surface area contributed by atoms with Gasteiger partial charge in [-0.1, -0.05) is 18.2 Å². The van der Waals surface area contributed by atoms with Crippen LogP contribution in [0.25, 0.3) is 0 Å². The van der Waals surface area contributed by atoms with Crippen LogP contribution in [-0.4, -0.2) is 20.8 Å². The first-order chi connectivity index (χ1) is 6.64. The van der Waals surface area contributed by atoms with Crippen molar-refractivity contribution in [3.63, 3.8) is 0 Å². The molecule has 0 aliphatic heterocycles. The highest BCUT2D eigenvalue weighted by molar-refractivity contribution is 7.85. The number of hydrogen-bond donors (Lipinski definition) is 1. The standard InChI is InChI=1S/C8H10ClNO3S/c9-6-7-10-14(11,12)13-8-4-2-1-3-5-8/h1-5,10H,6-7H2. The molecule has 0 spiro atoms. The van der Waals surface area contributed by atoms with E-state index in [9.17, 15) is 8.42 Å². The van der Waals surface area contributed by atoms with Crippen molar-refractivity contribution in [2.24, 2.45) is 0 Å². The average Bonchev–Trinajstić information content (AvgIpc) is 2.16. The van der Waals surface area contributed by atoms with Crippen molar-refractivity contribution < 1.29 is 12.6 Å². The third-order valence-corrected chi connectivity index (χ3v) is 2.48.